The number of rotatable bonds is 4. The first kappa shape index (κ1) is 21.3. The zero-order chi connectivity index (χ0) is 22.1. The Morgan fingerprint density at radius 2 is 1.94 bits per heavy atom. The first-order valence-electron chi connectivity index (χ1n) is 10.5. The third kappa shape index (κ3) is 3.58. The summed E-state index contributed by atoms with van der Waals surface area (Å²) in [6, 6.07) is -1.32. The second kappa shape index (κ2) is 7.22. The van der Waals surface area contributed by atoms with Crippen LogP contribution in [0.1, 0.15) is 50.0 Å². The summed E-state index contributed by atoms with van der Waals surface area (Å²) in [7, 11) is -7.64. The van der Waals surface area contributed by atoms with Crippen molar-refractivity contribution in [2.45, 2.75) is 68.0 Å². The number of halogens is 1. The fraction of sp³-hybridized carbons (Fsp3) is 0.778. The Labute approximate surface area is 180 Å². The van der Waals surface area contributed by atoms with E-state index < -0.39 is 56.9 Å². The first-order valence-corrected chi connectivity index (χ1v) is 13.5. The fourth-order valence-corrected chi connectivity index (χ4v) is 8.25. The van der Waals surface area contributed by atoms with Gasteiger partial charge in [-0.05, 0) is 61.8 Å². The van der Waals surface area contributed by atoms with Gasteiger partial charge in [0, 0.05) is 6.20 Å². The Morgan fingerprint density at radius 1 is 1.19 bits per heavy atom. The summed E-state index contributed by atoms with van der Waals surface area (Å²) < 4.78 is 68.4. The van der Waals surface area contributed by atoms with Gasteiger partial charge in [0.1, 0.15) is 6.17 Å². The molecule has 4 fully saturated rings. The second-order valence-electron chi connectivity index (χ2n) is 9.14. The van der Waals surface area contributed by atoms with E-state index in [0.717, 1.165) is 14.0 Å². The van der Waals surface area contributed by atoms with Crippen molar-refractivity contribution in [2.75, 3.05) is 6.54 Å². The van der Waals surface area contributed by atoms with E-state index in [-0.39, 0.29) is 23.5 Å². The van der Waals surface area contributed by atoms with Crippen LogP contribution in [0.2, 0.25) is 0 Å². The molecular formula is C18H25FN4O6S2. The smallest absolute Gasteiger partial charge is 0.304 e. The Bertz CT molecular complexity index is 1100. The average molecular weight is 477 g/mol. The lowest BCUT2D eigenvalue weighted by atomic mass is 9.63. The minimum absolute atomic E-state index is 0.100. The van der Waals surface area contributed by atoms with E-state index in [1.807, 2.05) is 4.72 Å². The maximum Gasteiger partial charge on any atom is 0.304 e. The van der Waals surface area contributed by atoms with Gasteiger partial charge in [-0.15, -0.1) is 0 Å². The molecule has 1 aromatic rings. The molecule has 2 N–H and O–H groups in total. The van der Waals surface area contributed by atoms with Gasteiger partial charge in [-0.2, -0.15) is 21.9 Å². The molecule has 5 rings (SSSR count). The van der Waals surface area contributed by atoms with Crippen molar-refractivity contribution >= 4 is 26.1 Å². The van der Waals surface area contributed by atoms with E-state index in [1.165, 1.54) is 12.4 Å². The summed E-state index contributed by atoms with van der Waals surface area (Å²) in [5.74, 6) is -1.45. The monoisotopic (exact) mass is 476 g/mol. The summed E-state index contributed by atoms with van der Waals surface area (Å²) in [5.41, 5.74) is 0.725. The molecule has 1 aromatic heterocycles. The third-order valence-corrected chi connectivity index (χ3v) is 10.7. The molecule has 172 valence electrons. The van der Waals surface area contributed by atoms with Crippen molar-refractivity contribution in [3.8, 4) is 0 Å². The number of carbonyl (C=O) groups is 1. The van der Waals surface area contributed by atoms with E-state index in [9.17, 15) is 26.7 Å². The van der Waals surface area contributed by atoms with Crippen molar-refractivity contribution in [3.63, 3.8) is 0 Å². The molecule has 6 unspecified atom stereocenters. The zero-order valence-electron chi connectivity index (χ0n) is 16.7. The van der Waals surface area contributed by atoms with Gasteiger partial charge in [0.05, 0.1) is 30.1 Å². The van der Waals surface area contributed by atoms with Crippen molar-refractivity contribution in [1.29, 1.82) is 0 Å². The van der Waals surface area contributed by atoms with Crippen LogP contribution < -0.4 is 4.72 Å². The highest BCUT2D eigenvalue weighted by molar-refractivity contribution is 7.90. The number of aliphatic hydroxyl groups excluding tert-OH is 1. The Hall–Kier alpha value is -1.57. The molecule has 13 heteroatoms. The lowest BCUT2D eigenvalue weighted by Crippen LogP contribution is -2.58. The number of aliphatic hydroxyl groups is 1. The highest BCUT2D eigenvalue weighted by atomic mass is 32.2. The van der Waals surface area contributed by atoms with Crippen molar-refractivity contribution in [3.05, 3.63) is 18.0 Å². The van der Waals surface area contributed by atoms with Crippen LogP contribution in [0.15, 0.2) is 12.4 Å². The van der Waals surface area contributed by atoms with Crippen LogP contribution in [0.25, 0.3) is 0 Å². The first-order chi connectivity index (χ1) is 14.6. The van der Waals surface area contributed by atoms with Crippen LogP contribution in [0.3, 0.4) is 0 Å². The second-order valence-corrected chi connectivity index (χ2v) is 12.8. The highest BCUT2D eigenvalue weighted by Crippen LogP contribution is 2.48. The molecule has 1 amide bonds. The largest absolute Gasteiger partial charge is 0.391 e. The number of nitrogens with zero attached hydrogens (tertiary/aromatic N) is 3. The van der Waals surface area contributed by atoms with Crippen LogP contribution in [0.5, 0.6) is 0 Å². The summed E-state index contributed by atoms with van der Waals surface area (Å²) in [4.78, 5) is 11.6. The van der Waals surface area contributed by atoms with Gasteiger partial charge < -0.3 is 5.11 Å². The molecule has 3 saturated carbocycles. The molecule has 0 radical (unpaired) electrons. The number of amides is 1. The van der Waals surface area contributed by atoms with E-state index in [4.69, 9.17) is 0 Å². The number of hydrogen-bond acceptors (Lipinski definition) is 7. The van der Waals surface area contributed by atoms with Gasteiger partial charge >= 0.3 is 10.2 Å². The molecule has 2 heterocycles. The molecule has 6 atom stereocenters. The molecule has 10 nitrogen and oxygen atoms in total. The van der Waals surface area contributed by atoms with Crippen LogP contribution in [0, 0.1) is 11.8 Å². The maximum absolute atomic E-state index is 15.6. The summed E-state index contributed by atoms with van der Waals surface area (Å²) in [6.45, 7) is -0.503. The normalized spacial score (nSPS) is 38.6. The number of alkyl halides is 1. The Kier molecular flexibility index (Phi) is 4.96. The predicted octanol–water partition coefficient (Wildman–Crippen LogP) is -0.129. The standard InChI is InChI=1S/C18H25FN4O6S2/c19-17-14-5-10(12-7-20-23(8-12)30(26,27)13-3-4-13)1-2-11(14)6-15(24)18(17)22-9-16(25)21-31(22,28)29/h7-8,10-11,13-15,17-18,24H,1-6,9H2,(H,21,25). The minimum atomic E-state index is -4.17. The molecule has 31 heavy (non-hydrogen) atoms. The van der Waals surface area contributed by atoms with Crippen LogP contribution in [-0.4, -0.2) is 71.5 Å². The van der Waals surface area contributed by atoms with E-state index in [1.54, 1.807) is 0 Å². The van der Waals surface area contributed by atoms with Gasteiger partial charge in [0.2, 0.25) is 5.91 Å². The molecule has 1 aliphatic heterocycles. The van der Waals surface area contributed by atoms with Gasteiger partial charge in [0.15, 0.2) is 0 Å². The van der Waals surface area contributed by atoms with E-state index in [0.29, 0.717) is 32.1 Å². The van der Waals surface area contributed by atoms with Gasteiger partial charge in [-0.3, -0.25) is 4.79 Å². The molecule has 0 spiro atoms. The third-order valence-electron chi connectivity index (χ3n) is 7.16. The summed E-state index contributed by atoms with van der Waals surface area (Å²) >= 11 is 0. The molecule has 1 saturated heterocycles. The average Bonchev–Trinajstić information content (AvgIpc) is 3.37. The summed E-state index contributed by atoms with van der Waals surface area (Å²) in [5, 5.41) is 14.2. The fourth-order valence-electron chi connectivity index (χ4n) is 5.43. The zero-order valence-corrected chi connectivity index (χ0v) is 18.3. The van der Waals surface area contributed by atoms with E-state index >= 15 is 4.39 Å². The lowest BCUT2D eigenvalue weighted by molar-refractivity contribution is -0.119. The topological polar surface area (TPSA) is 139 Å². The van der Waals surface area contributed by atoms with E-state index in [2.05, 4.69) is 5.10 Å². The minimum Gasteiger partial charge on any atom is -0.391 e. The molecule has 0 bridgehead atoms. The van der Waals surface area contributed by atoms with Crippen LogP contribution in [-0.2, 0) is 25.0 Å². The molecular weight excluding hydrogens is 451 g/mol. The Balaban J connectivity index is 1.36. The molecule has 0 aromatic carbocycles. The number of fused-ring (bicyclic) bond motifs is 1. The van der Waals surface area contributed by atoms with Crippen molar-refractivity contribution < 1.29 is 31.1 Å². The number of hydrogen-bond donors (Lipinski definition) is 2. The predicted molar refractivity (Wildman–Crippen MR) is 106 cm³/mol. The molecule has 4 aliphatic rings. The SMILES string of the molecule is O=C1CN(C2C(O)CC3CCC(c4cnn(S(=O)(=O)C5CC5)c4)CC3C2F)S(=O)(=O)N1. The van der Waals surface area contributed by atoms with Gasteiger partial charge in [-0.1, -0.05) is 0 Å². The van der Waals surface area contributed by atoms with Crippen molar-refractivity contribution in [2.24, 2.45) is 11.8 Å². The van der Waals surface area contributed by atoms with Crippen LogP contribution in [0.4, 0.5) is 4.39 Å². The quantitative estimate of drug-likeness (QED) is 0.617. The molecule has 3 aliphatic carbocycles. The maximum atomic E-state index is 15.6. The lowest BCUT2D eigenvalue weighted by Gasteiger charge is -2.47. The van der Waals surface area contributed by atoms with Gasteiger partial charge in [0.25, 0.3) is 10.0 Å². The highest BCUT2D eigenvalue weighted by Gasteiger charge is 2.54. The van der Waals surface area contributed by atoms with Gasteiger partial charge in [-0.25, -0.2) is 17.5 Å². The number of carbonyl (C=O) groups excluding carboxylic acids is 1. The Morgan fingerprint density at radius 3 is 2.58 bits per heavy atom. The van der Waals surface area contributed by atoms with Crippen LogP contribution >= 0.6 is 0 Å². The van der Waals surface area contributed by atoms with Crippen molar-refractivity contribution in [1.82, 2.24) is 18.2 Å². The number of nitrogens with one attached hydrogen (secondary N) is 1. The number of aromatic nitrogens is 2. The summed E-state index contributed by atoms with van der Waals surface area (Å²) in [6.07, 6.45) is 3.48.